The number of pyridine rings is 1. The number of aromatic nitrogens is 1. The van der Waals surface area contributed by atoms with E-state index in [1.807, 2.05) is 0 Å². The van der Waals surface area contributed by atoms with Crippen molar-refractivity contribution in [2.24, 2.45) is 0 Å². The third-order valence-electron chi connectivity index (χ3n) is 4.22. The summed E-state index contributed by atoms with van der Waals surface area (Å²) in [7, 11) is 0. The number of carboxylic acid groups (broad SMARTS) is 1. The van der Waals surface area contributed by atoms with Gasteiger partial charge in [-0.2, -0.15) is 0 Å². The molecular weight excluding hydrogens is 355 g/mol. The average molecular weight is 371 g/mol. The first-order valence-electron chi connectivity index (χ1n) is 8.19. The van der Waals surface area contributed by atoms with E-state index < -0.39 is 17.7 Å². The molecule has 3 rings (SSSR count). The van der Waals surface area contributed by atoms with Gasteiger partial charge >= 0.3 is 5.97 Å². The summed E-state index contributed by atoms with van der Waals surface area (Å²) in [6, 6.07) is 13.3. The van der Waals surface area contributed by atoms with Gasteiger partial charge in [0.2, 0.25) is 0 Å². The molecule has 0 aliphatic carbocycles. The number of aromatic carboxylic acids is 1. The summed E-state index contributed by atoms with van der Waals surface area (Å²) >= 11 is 0. The van der Waals surface area contributed by atoms with E-state index >= 15 is 0 Å². The number of rotatable bonds is 5. The highest BCUT2D eigenvalue weighted by atomic mass is 19.3. The molecule has 0 spiro atoms. The molecule has 138 valence electrons. The average Bonchev–Trinajstić information content (AvgIpc) is 2.62. The SMILES string of the molecule is CC(F)(F)c1ccc(Cc2ccc(C(=O)O)cc2-c2ccc(F)cn2)cc1. The van der Waals surface area contributed by atoms with Crippen LogP contribution in [-0.4, -0.2) is 16.1 Å². The van der Waals surface area contributed by atoms with E-state index in [4.69, 9.17) is 0 Å². The van der Waals surface area contributed by atoms with Crippen LogP contribution in [0.3, 0.4) is 0 Å². The molecule has 6 heteroatoms. The van der Waals surface area contributed by atoms with Crippen LogP contribution in [0.15, 0.2) is 60.8 Å². The fourth-order valence-corrected chi connectivity index (χ4v) is 2.77. The standard InChI is InChI=1S/C21H16F3NO2/c1-21(23,24)16-6-2-13(3-7-16)10-14-4-5-15(20(26)27)11-18(14)19-9-8-17(22)12-25-19/h2-9,11-12H,10H2,1H3,(H,26,27). The second kappa shape index (κ2) is 7.23. The third kappa shape index (κ3) is 4.34. The van der Waals surface area contributed by atoms with Gasteiger partial charge < -0.3 is 5.11 Å². The maximum absolute atomic E-state index is 13.4. The fraction of sp³-hybridized carbons (Fsp3) is 0.143. The molecule has 0 aliphatic heterocycles. The van der Waals surface area contributed by atoms with Gasteiger partial charge in [-0.1, -0.05) is 30.3 Å². The quantitative estimate of drug-likeness (QED) is 0.663. The third-order valence-corrected chi connectivity index (χ3v) is 4.22. The second-order valence-electron chi connectivity index (χ2n) is 6.30. The van der Waals surface area contributed by atoms with Crippen LogP contribution >= 0.6 is 0 Å². The second-order valence-corrected chi connectivity index (χ2v) is 6.30. The molecule has 0 saturated carbocycles. The summed E-state index contributed by atoms with van der Waals surface area (Å²) in [5.74, 6) is -4.49. The van der Waals surface area contributed by atoms with Gasteiger partial charge in [0.25, 0.3) is 5.92 Å². The van der Waals surface area contributed by atoms with Crippen LogP contribution in [0.5, 0.6) is 0 Å². The largest absolute Gasteiger partial charge is 0.478 e. The van der Waals surface area contributed by atoms with E-state index in [1.54, 1.807) is 18.2 Å². The highest BCUT2D eigenvalue weighted by Gasteiger charge is 2.23. The molecule has 1 aromatic heterocycles. The van der Waals surface area contributed by atoms with Gasteiger partial charge in [0.05, 0.1) is 17.5 Å². The van der Waals surface area contributed by atoms with E-state index in [1.165, 1.54) is 36.4 Å². The zero-order valence-corrected chi connectivity index (χ0v) is 14.4. The van der Waals surface area contributed by atoms with Crippen molar-refractivity contribution in [3.63, 3.8) is 0 Å². The highest BCUT2D eigenvalue weighted by Crippen LogP contribution is 2.29. The Morgan fingerprint density at radius 2 is 1.78 bits per heavy atom. The minimum Gasteiger partial charge on any atom is -0.478 e. The molecule has 3 aromatic rings. The number of hydrogen-bond donors (Lipinski definition) is 1. The molecule has 2 aromatic carbocycles. The lowest BCUT2D eigenvalue weighted by molar-refractivity contribution is 0.0174. The first-order valence-corrected chi connectivity index (χ1v) is 8.19. The number of hydrogen-bond acceptors (Lipinski definition) is 2. The zero-order chi connectivity index (χ0) is 19.6. The predicted octanol–water partition coefficient (Wildman–Crippen LogP) is 5.29. The van der Waals surface area contributed by atoms with Crippen molar-refractivity contribution in [3.8, 4) is 11.3 Å². The van der Waals surface area contributed by atoms with Crippen molar-refractivity contribution in [3.05, 3.63) is 88.9 Å². The van der Waals surface area contributed by atoms with Gasteiger partial charge in [-0.15, -0.1) is 0 Å². The smallest absolute Gasteiger partial charge is 0.335 e. The molecule has 0 fully saturated rings. The Morgan fingerprint density at radius 1 is 1.07 bits per heavy atom. The molecule has 27 heavy (non-hydrogen) atoms. The summed E-state index contributed by atoms with van der Waals surface area (Å²) < 4.78 is 39.9. The molecule has 0 saturated heterocycles. The molecule has 3 nitrogen and oxygen atoms in total. The lowest BCUT2D eigenvalue weighted by Gasteiger charge is -2.13. The number of alkyl halides is 2. The number of benzene rings is 2. The van der Waals surface area contributed by atoms with Crippen molar-refractivity contribution in [2.75, 3.05) is 0 Å². The van der Waals surface area contributed by atoms with Crippen LogP contribution in [0.25, 0.3) is 11.3 Å². The molecule has 1 N–H and O–H groups in total. The first-order chi connectivity index (χ1) is 12.7. The molecule has 0 aliphatic rings. The molecule has 0 unspecified atom stereocenters. The Balaban J connectivity index is 1.99. The fourth-order valence-electron chi connectivity index (χ4n) is 2.77. The van der Waals surface area contributed by atoms with E-state index in [2.05, 4.69) is 4.98 Å². The summed E-state index contributed by atoms with van der Waals surface area (Å²) in [6.45, 7) is 0.838. The Hall–Kier alpha value is -3.15. The Labute approximate surface area is 154 Å². The first kappa shape index (κ1) is 18.6. The Kier molecular flexibility index (Phi) is 4.99. The van der Waals surface area contributed by atoms with Gasteiger partial charge in [-0.3, -0.25) is 4.98 Å². The highest BCUT2D eigenvalue weighted by molar-refractivity contribution is 5.89. The topological polar surface area (TPSA) is 50.2 Å². The summed E-state index contributed by atoms with van der Waals surface area (Å²) in [5, 5.41) is 9.24. The van der Waals surface area contributed by atoms with Gasteiger partial charge in [0, 0.05) is 18.1 Å². The van der Waals surface area contributed by atoms with Crippen molar-refractivity contribution < 1.29 is 23.1 Å². The zero-order valence-electron chi connectivity index (χ0n) is 14.4. The van der Waals surface area contributed by atoms with Crippen LogP contribution in [0.2, 0.25) is 0 Å². The van der Waals surface area contributed by atoms with Crippen LogP contribution in [0.1, 0.15) is 34.0 Å². The number of carbonyl (C=O) groups is 1. The van der Waals surface area contributed by atoms with Gasteiger partial charge in [0.15, 0.2) is 0 Å². The van der Waals surface area contributed by atoms with E-state index in [-0.39, 0.29) is 11.1 Å². The van der Waals surface area contributed by atoms with Crippen molar-refractivity contribution in [1.82, 2.24) is 4.98 Å². The number of nitrogens with zero attached hydrogens (tertiary/aromatic N) is 1. The minimum absolute atomic E-state index is 0.0760. The minimum atomic E-state index is -2.91. The Morgan fingerprint density at radius 3 is 2.33 bits per heavy atom. The molecular formula is C21H16F3NO2. The number of halogens is 3. The van der Waals surface area contributed by atoms with Crippen LogP contribution in [0.4, 0.5) is 13.2 Å². The summed E-state index contributed by atoms with van der Waals surface area (Å²) in [6.07, 6.45) is 1.45. The van der Waals surface area contributed by atoms with E-state index in [0.29, 0.717) is 17.7 Å². The lowest BCUT2D eigenvalue weighted by atomic mass is 9.94. The van der Waals surface area contributed by atoms with Crippen molar-refractivity contribution >= 4 is 5.97 Å². The van der Waals surface area contributed by atoms with Crippen LogP contribution in [-0.2, 0) is 12.3 Å². The van der Waals surface area contributed by atoms with E-state index in [9.17, 15) is 23.1 Å². The molecule has 0 bridgehead atoms. The predicted molar refractivity (Wildman–Crippen MR) is 95.4 cm³/mol. The summed E-state index contributed by atoms with van der Waals surface area (Å²) in [4.78, 5) is 15.3. The lowest BCUT2D eigenvalue weighted by Crippen LogP contribution is -2.06. The molecule has 0 radical (unpaired) electrons. The van der Waals surface area contributed by atoms with Crippen LogP contribution in [0, 0.1) is 5.82 Å². The van der Waals surface area contributed by atoms with Gasteiger partial charge in [-0.25, -0.2) is 18.0 Å². The molecule has 0 atom stereocenters. The van der Waals surface area contributed by atoms with Crippen LogP contribution < -0.4 is 0 Å². The van der Waals surface area contributed by atoms with Gasteiger partial charge in [0.1, 0.15) is 5.82 Å². The maximum atomic E-state index is 13.4. The number of carboxylic acids is 1. The monoisotopic (exact) mass is 371 g/mol. The van der Waals surface area contributed by atoms with Gasteiger partial charge in [-0.05, 0) is 41.8 Å². The summed E-state index contributed by atoms with van der Waals surface area (Å²) in [5.41, 5.74) is 2.55. The van der Waals surface area contributed by atoms with Crippen molar-refractivity contribution in [2.45, 2.75) is 19.3 Å². The molecule has 1 heterocycles. The molecule has 0 amide bonds. The van der Waals surface area contributed by atoms with E-state index in [0.717, 1.165) is 24.2 Å². The maximum Gasteiger partial charge on any atom is 0.335 e. The normalized spacial score (nSPS) is 11.4. The van der Waals surface area contributed by atoms with Crippen molar-refractivity contribution in [1.29, 1.82) is 0 Å². The Bertz CT molecular complexity index is 962.